The lowest BCUT2D eigenvalue weighted by Gasteiger charge is -2.36. The van der Waals surface area contributed by atoms with Crippen molar-refractivity contribution in [2.45, 2.75) is 78.8 Å². The molecule has 1 aliphatic carbocycles. The molecule has 1 aromatic heterocycles. The van der Waals surface area contributed by atoms with Crippen LogP contribution in [0.15, 0.2) is 6.07 Å². The van der Waals surface area contributed by atoms with Crippen molar-refractivity contribution in [3.63, 3.8) is 0 Å². The SMILES string of the molecule is CCc1cc(CC(N)C2CCC(C)(C)CC2)n(CC)n1. The maximum Gasteiger partial charge on any atom is 0.0624 e. The van der Waals surface area contributed by atoms with E-state index in [4.69, 9.17) is 5.73 Å². The molecule has 1 aromatic rings. The molecule has 1 atom stereocenters. The highest BCUT2D eigenvalue weighted by Gasteiger charge is 2.30. The summed E-state index contributed by atoms with van der Waals surface area (Å²) < 4.78 is 2.13. The van der Waals surface area contributed by atoms with Crippen LogP contribution < -0.4 is 5.73 Å². The minimum absolute atomic E-state index is 0.290. The van der Waals surface area contributed by atoms with Crippen molar-refractivity contribution >= 4 is 0 Å². The van der Waals surface area contributed by atoms with Gasteiger partial charge in [0.15, 0.2) is 0 Å². The molecular weight excluding hydrogens is 246 g/mol. The molecule has 0 bridgehead atoms. The van der Waals surface area contributed by atoms with Gasteiger partial charge in [-0.25, -0.2) is 0 Å². The van der Waals surface area contributed by atoms with Crippen LogP contribution in [-0.2, 0) is 19.4 Å². The Morgan fingerprint density at radius 2 is 2.00 bits per heavy atom. The second kappa shape index (κ2) is 6.30. The first-order valence-corrected chi connectivity index (χ1v) is 8.26. The van der Waals surface area contributed by atoms with Gasteiger partial charge in [0.25, 0.3) is 0 Å². The number of hydrogen-bond acceptors (Lipinski definition) is 2. The summed E-state index contributed by atoms with van der Waals surface area (Å²) in [4.78, 5) is 0. The number of nitrogens with two attached hydrogens (primary N) is 1. The van der Waals surface area contributed by atoms with Crippen LogP contribution in [-0.4, -0.2) is 15.8 Å². The molecule has 1 heterocycles. The summed E-state index contributed by atoms with van der Waals surface area (Å²) in [5.41, 5.74) is 9.54. The Labute approximate surface area is 123 Å². The number of aryl methyl sites for hydroxylation is 2. The van der Waals surface area contributed by atoms with Crippen molar-refractivity contribution in [3.8, 4) is 0 Å². The Balaban J connectivity index is 1.97. The second-order valence-electron chi connectivity index (χ2n) is 7.17. The molecule has 0 amide bonds. The van der Waals surface area contributed by atoms with Crippen molar-refractivity contribution in [1.82, 2.24) is 9.78 Å². The molecule has 0 saturated heterocycles. The van der Waals surface area contributed by atoms with Crippen molar-refractivity contribution in [2.75, 3.05) is 0 Å². The van der Waals surface area contributed by atoms with Crippen LogP contribution in [0.1, 0.15) is 64.8 Å². The number of aromatic nitrogens is 2. The average Bonchev–Trinajstić information content (AvgIpc) is 2.80. The molecule has 2 N–H and O–H groups in total. The molecule has 3 heteroatoms. The molecule has 1 aliphatic rings. The minimum atomic E-state index is 0.290. The van der Waals surface area contributed by atoms with Crippen LogP contribution in [0.2, 0.25) is 0 Å². The molecule has 114 valence electrons. The molecule has 0 aliphatic heterocycles. The standard InChI is InChI=1S/C17H31N3/c1-5-14-11-15(20(6-2)19-14)12-16(18)13-7-9-17(3,4)10-8-13/h11,13,16H,5-10,12,18H2,1-4H3. The fourth-order valence-electron chi connectivity index (χ4n) is 3.38. The van der Waals surface area contributed by atoms with E-state index in [-0.39, 0.29) is 6.04 Å². The van der Waals surface area contributed by atoms with E-state index in [0.717, 1.165) is 19.4 Å². The molecule has 0 radical (unpaired) electrons. The van der Waals surface area contributed by atoms with Gasteiger partial charge in [0.1, 0.15) is 0 Å². The zero-order valence-electron chi connectivity index (χ0n) is 13.7. The topological polar surface area (TPSA) is 43.8 Å². The summed E-state index contributed by atoms with van der Waals surface area (Å²) >= 11 is 0. The summed E-state index contributed by atoms with van der Waals surface area (Å²) in [6, 6.07) is 2.54. The third-order valence-electron chi connectivity index (χ3n) is 5.01. The van der Waals surface area contributed by atoms with Crippen LogP contribution in [0, 0.1) is 11.3 Å². The fraction of sp³-hybridized carbons (Fsp3) is 0.824. The Hall–Kier alpha value is -0.830. The fourth-order valence-corrected chi connectivity index (χ4v) is 3.38. The van der Waals surface area contributed by atoms with Crippen molar-refractivity contribution in [3.05, 3.63) is 17.5 Å². The van der Waals surface area contributed by atoms with Crippen LogP contribution in [0.5, 0.6) is 0 Å². The molecule has 0 spiro atoms. The highest BCUT2D eigenvalue weighted by Crippen LogP contribution is 2.39. The molecule has 1 fully saturated rings. The van der Waals surface area contributed by atoms with Gasteiger partial charge in [-0.2, -0.15) is 5.10 Å². The first-order valence-electron chi connectivity index (χ1n) is 8.26. The zero-order valence-corrected chi connectivity index (χ0v) is 13.7. The summed E-state index contributed by atoms with van der Waals surface area (Å²) in [6.45, 7) is 10.0. The summed E-state index contributed by atoms with van der Waals surface area (Å²) in [5, 5.41) is 4.63. The van der Waals surface area contributed by atoms with Gasteiger partial charge in [-0.05, 0) is 56.4 Å². The van der Waals surface area contributed by atoms with E-state index >= 15 is 0 Å². The van der Waals surface area contributed by atoms with Gasteiger partial charge in [-0.1, -0.05) is 20.8 Å². The van der Waals surface area contributed by atoms with Crippen LogP contribution >= 0.6 is 0 Å². The normalized spacial score (nSPS) is 21.1. The van der Waals surface area contributed by atoms with Gasteiger partial charge in [-0.15, -0.1) is 0 Å². The van der Waals surface area contributed by atoms with E-state index in [9.17, 15) is 0 Å². The quantitative estimate of drug-likeness (QED) is 0.894. The van der Waals surface area contributed by atoms with E-state index in [1.54, 1.807) is 0 Å². The molecule has 2 rings (SSSR count). The number of hydrogen-bond donors (Lipinski definition) is 1. The largest absolute Gasteiger partial charge is 0.327 e. The van der Waals surface area contributed by atoms with Gasteiger partial charge < -0.3 is 5.73 Å². The van der Waals surface area contributed by atoms with E-state index in [1.165, 1.54) is 37.1 Å². The van der Waals surface area contributed by atoms with Gasteiger partial charge in [0.2, 0.25) is 0 Å². The highest BCUT2D eigenvalue weighted by molar-refractivity contribution is 5.12. The van der Waals surface area contributed by atoms with E-state index in [2.05, 4.69) is 43.5 Å². The van der Waals surface area contributed by atoms with Crippen LogP contribution in [0.25, 0.3) is 0 Å². The Morgan fingerprint density at radius 1 is 1.35 bits per heavy atom. The third kappa shape index (κ3) is 3.63. The summed E-state index contributed by atoms with van der Waals surface area (Å²) in [6.07, 6.45) is 7.19. The predicted molar refractivity (Wildman–Crippen MR) is 84.7 cm³/mol. The number of rotatable bonds is 5. The van der Waals surface area contributed by atoms with Crippen LogP contribution in [0.4, 0.5) is 0 Å². The van der Waals surface area contributed by atoms with E-state index in [0.29, 0.717) is 11.3 Å². The van der Waals surface area contributed by atoms with Crippen molar-refractivity contribution in [2.24, 2.45) is 17.1 Å². The van der Waals surface area contributed by atoms with Gasteiger partial charge in [-0.3, -0.25) is 4.68 Å². The maximum absolute atomic E-state index is 6.50. The predicted octanol–water partition coefficient (Wildman–Crippen LogP) is 3.55. The molecule has 1 unspecified atom stereocenters. The van der Waals surface area contributed by atoms with Gasteiger partial charge in [0, 0.05) is 24.7 Å². The molecule has 0 aromatic carbocycles. The van der Waals surface area contributed by atoms with Crippen molar-refractivity contribution < 1.29 is 0 Å². The molecule has 3 nitrogen and oxygen atoms in total. The molecule has 20 heavy (non-hydrogen) atoms. The van der Waals surface area contributed by atoms with E-state index < -0.39 is 0 Å². The summed E-state index contributed by atoms with van der Waals surface area (Å²) in [5.74, 6) is 0.688. The maximum atomic E-state index is 6.50. The molecular formula is C17H31N3. The lowest BCUT2D eigenvalue weighted by molar-refractivity contribution is 0.172. The van der Waals surface area contributed by atoms with Crippen LogP contribution in [0.3, 0.4) is 0 Å². The first-order chi connectivity index (χ1) is 9.45. The van der Waals surface area contributed by atoms with Crippen molar-refractivity contribution in [1.29, 1.82) is 0 Å². The third-order valence-corrected chi connectivity index (χ3v) is 5.01. The Kier molecular flexibility index (Phi) is 4.90. The lowest BCUT2D eigenvalue weighted by atomic mass is 9.71. The summed E-state index contributed by atoms with van der Waals surface area (Å²) in [7, 11) is 0. The number of nitrogens with zero attached hydrogens (tertiary/aromatic N) is 2. The molecule has 1 saturated carbocycles. The second-order valence-corrected chi connectivity index (χ2v) is 7.17. The minimum Gasteiger partial charge on any atom is -0.327 e. The average molecular weight is 277 g/mol. The zero-order chi connectivity index (χ0) is 14.8. The Bertz CT molecular complexity index is 423. The van der Waals surface area contributed by atoms with Gasteiger partial charge >= 0.3 is 0 Å². The highest BCUT2D eigenvalue weighted by atomic mass is 15.3. The van der Waals surface area contributed by atoms with E-state index in [1.807, 2.05) is 0 Å². The smallest absolute Gasteiger partial charge is 0.0624 e. The monoisotopic (exact) mass is 277 g/mol. The Morgan fingerprint density at radius 3 is 2.55 bits per heavy atom. The first kappa shape index (κ1) is 15.6. The van der Waals surface area contributed by atoms with Gasteiger partial charge in [0.05, 0.1) is 5.69 Å². The lowest BCUT2D eigenvalue weighted by Crippen LogP contribution is -2.37.